The minimum absolute atomic E-state index is 0.199. The van der Waals surface area contributed by atoms with Crippen LogP contribution in [0.2, 0.25) is 0 Å². The van der Waals surface area contributed by atoms with E-state index in [4.69, 9.17) is 4.74 Å². The minimum atomic E-state index is -0.443. The molecule has 0 aliphatic rings. The molecule has 0 saturated carbocycles. The Hall–Kier alpha value is -0.420. The third-order valence-corrected chi connectivity index (χ3v) is 4.07. The first-order chi connectivity index (χ1) is 9.31. The van der Waals surface area contributed by atoms with Crippen LogP contribution in [-0.4, -0.2) is 40.9 Å². The van der Waals surface area contributed by atoms with Crippen LogP contribution >= 0.6 is 11.3 Å². The quantitative estimate of drug-likeness (QED) is 0.797. The highest BCUT2D eigenvalue weighted by Gasteiger charge is 2.19. The fraction of sp³-hybridized carbons (Fsp3) is 0.750. The normalized spacial score (nSPS) is 15.6. The highest BCUT2D eigenvalue weighted by atomic mass is 32.1. The number of aliphatic hydroxyl groups excluding tert-OH is 1. The Kier molecular flexibility index (Phi) is 7.17. The van der Waals surface area contributed by atoms with Gasteiger partial charge in [-0.2, -0.15) is 11.3 Å². The van der Waals surface area contributed by atoms with E-state index < -0.39 is 6.10 Å². The summed E-state index contributed by atoms with van der Waals surface area (Å²) in [6.07, 6.45) is 0.638. The second-order valence-corrected chi connectivity index (χ2v) is 7.18. The van der Waals surface area contributed by atoms with Gasteiger partial charge in [0.2, 0.25) is 0 Å². The molecular weight excluding hydrogens is 270 g/mol. The Labute approximate surface area is 127 Å². The summed E-state index contributed by atoms with van der Waals surface area (Å²) in [4.78, 5) is 2.33. The van der Waals surface area contributed by atoms with Crippen molar-refractivity contribution >= 4 is 11.3 Å². The smallest absolute Gasteiger partial charge is 0.0900 e. The van der Waals surface area contributed by atoms with Crippen LogP contribution in [0.25, 0.3) is 0 Å². The molecular formula is C16H29NO2S. The Morgan fingerprint density at radius 2 is 2.10 bits per heavy atom. The molecule has 0 spiro atoms. The highest BCUT2D eigenvalue weighted by molar-refractivity contribution is 7.07. The van der Waals surface area contributed by atoms with Gasteiger partial charge in [-0.05, 0) is 56.5 Å². The second kappa shape index (κ2) is 8.13. The zero-order chi connectivity index (χ0) is 15.2. The lowest BCUT2D eigenvalue weighted by Crippen LogP contribution is -2.40. The van der Waals surface area contributed by atoms with E-state index >= 15 is 0 Å². The molecule has 0 fully saturated rings. The number of ether oxygens (including phenoxy) is 1. The molecule has 116 valence electrons. The lowest BCUT2D eigenvalue weighted by molar-refractivity contribution is -0.0593. The maximum Gasteiger partial charge on any atom is 0.0900 e. The molecule has 0 saturated heterocycles. The first-order valence-corrected chi connectivity index (χ1v) is 8.33. The predicted molar refractivity (Wildman–Crippen MR) is 86.2 cm³/mol. The Morgan fingerprint density at radius 1 is 1.40 bits per heavy atom. The molecule has 0 aromatic carbocycles. The van der Waals surface area contributed by atoms with Gasteiger partial charge in [0.15, 0.2) is 0 Å². The van der Waals surface area contributed by atoms with Gasteiger partial charge in [-0.1, -0.05) is 6.92 Å². The van der Waals surface area contributed by atoms with Crippen LogP contribution in [0.15, 0.2) is 16.8 Å². The fourth-order valence-electron chi connectivity index (χ4n) is 1.95. The number of rotatable bonds is 8. The van der Waals surface area contributed by atoms with Gasteiger partial charge in [0.25, 0.3) is 0 Å². The molecule has 0 unspecified atom stereocenters. The van der Waals surface area contributed by atoms with Crippen molar-refractivity contribution in [2.75, 3.05) is 13.2 Å². The average Bonchev–Trinajstić information content (AvgIpc) is 2.86. The standard InChI is InChI=1S/C16H29NO2S/c1-6-13(2)17(9-14-7-8-20-12-14)10-15(18)11-19-16(3,4)5/h7-8,12-13,15,18H,6,9-11H2,1-5H3/t13-,15-/m0/s1. The van der Waals surface area contributed by atoms with E-state index in [1.807, 2.05) is 20.8 Å². The van der Waals surface area contributed by atoms with E-state index in [9.17, 15) is 5.11 Å². The summed E-state index contributed by atoms with van der Waals surface area (Å²) in [5.41, 5.74) is 1.12. The van der Waals surface area contributed by atoms with Crippen molar-refractivity contribution in [2.45, 2.75) is 65.3 Å². The molecule has 2 atom stereocenters. The molecule has 1 heterocycles. The van der Waals surface area contributed by atoms with Crippen molar-refractivity contribution in [3.05, 3.63) is 22.4 Å². The molecule has 0 bridgehead atoms. The molecule has 0 radical (unpaired) electrons. The van der Waals surface area contributed by atoms with Crippen molar-refractivity contribution in [1.82, 2.24) is 4.90 Å². The lowest BCUT2D eigenvalue weighted by atomic mass is 10.1. The van der Waals surface area contributed by atoms with Crippen LogP contribution < -0.4 is 0 Å². The highest BCUT2D eigenvalue weighted by Crippen LogP contribution is 2.15. The Bertz CT molecular complexity index is 359. The van der Waals surface area contributed by atoms with Crippen molar-refractivity contribution < 1.29 is 9.84 Å². The average molecular weight is 299 g/mol. The van der Waals surface area contributed by atoms with Crippen LogP contribution in [0.4, 0.5) is 0 Å². The topological polar surface area (TPSA) is 32.7 Å². The lowest BCUT2D eigenvalue weighted by Gasteiger charge is -2.31. The first-order valence-electron chi connectivity index (χ1n) is 7.39. The summed E-state index contributed by atoms with van der Waals surface area (Å²) in [6, 6.07) is 2.61. The Balaban J connectivity index is 2.51. The maximum atomic E-state index is 10.2. The number of nitrogens with zero attached hydrogens (tertiary/aromatic N) is 1. The van der Waals surface area contributed by atoms with Gasteiger partial charge in [0.05, 0.1) is 18.3 Å². The summed E-state index contributed by atoms with van der Waals surface area (Å²) in [5, 5.41) is 14.5. The summed E-state index contributed by atoms with van der Waals surface area (Å²) in [6.45, 7) is 12.4. The van der Waals surface area contributed by atoms with Crippen molar-refractivity contribution in [2.24, 2.45) is 0 Å². The van der Waals surface area contributed by atoms with Crippen molar-refractivity contribution in [1.29, 1.82) is 0 Å². The van der Waals surface area contributed by atoms with Gasteiger partial charge >= 0.3 is 0 Å². The maximum absolute atomic E-state index is 10.2. The van der Waals surface area contributed by atoms with E-state index in [2.05, 4.69) is 35.6 Å². The molecule has 1 aromatic rings. The van der Waals surface area contributed by atoms with Crippen molar-refractivity contribution in [3.8, 4) is 0 Å². The number of thiophene rings is 1. The van der Waals surface area contributed by atoms with Gasteiger partial charge in [0, 0.05) is 19.1 Å². The van der Waals surface area contributed by atoms with E-state index in [-0.39, 0.29) is 5.60 Å². The van der Waals surface area contributed by atoms with Gasteiger partial charge in [-0.3, -0.25) is 4.90 Å². The molecule has 0 amide bonds. The van der Waals surface area contributed by atoms with E-state index in [0.29, 0.717) is 19.2 Å². The monoisotopic (exact) mass is 299 g/mol. The van der Waals surface area contributed by atoms with Crippen molar-refractivity contribution in [3.63, 3.8) is 0 Å². The summed E-state index contributed by atoms with van der Waals surface area (Å²) >= 11 is 1.72. The number of hydrogen-bond acceptors (Lipinski definition) is 4. The predicted octanol–water partition coefficient (Wildman–Crippen LogP) is 3.52. The molecule has 4 heteroatoms. The summed E-state index contributed by atoms with van der Waals surface area (Å²) in [7, 11) is 0. The third-order valence-electron chi connectivity index (χ3n) is 3.33. The summed E-state index contributed by atoms with van der Waals surface area (Å²) in [5.74, 6) is 0. The van der Waals surface area contributed by atoms with Gasteiger partial charge in [0.1, 0.15) is 0 Å². The SMILES string of the molecule is CC[C@H](C)N(Cc1ccsc1)C[C@H](O)COC(C)(C)C. The second-order valence-electron chi connectivity index (χ2n) is 6.40. The Morgan fingerprint density at radius 3 is 2.60 bits per heavy atom. The molecule has 3 nitrogen and oxygen atoms in total. The van der Waals surface area contributed by atoms with E-state index in [1.54, 1.807) is 11.3 Å². The third kappa shape index (κ3) is 6.84. The van der Waals surface area contributed by atoms with Gasteiger partial charge in [-0.25, -0.2) is 0 Å². The summed E-state index contributed by atoms with van der Waals surface area (Å²) < 4.78 is 5.67. The van der Waals surface area contributed by atoms with Crippen LogP contribution in [-0.2, 0) is 11.3 Å². The van der Waals surface area contributed by atoms with Crippen LogP contribution in [0.3, 0.4) is 0 Å². The molecule has 1 rings (SSSR count). The molecule has 0 aliphatic heterocycles. The number of hydrogen-bond donors (Lipinski definition) is 1. The zero-order valence-corrected chi connectivity index (χ0v) is 14.2. The van der Waals surface area contributed by atoms with Gasteiger partial charge < -0.3 is 9.84 Å². The zero-order valence-electron chi connectivity index (χ0n) is 13.4. The van der Waals surface area contributed by atoms with Crippen LogP contribution in [0, 0.1) is 0 Å². The van der Waals surface area contributed by atoms with Crippen LogP contribution in [0.5, 0.6) is 0 Å². The minimum Gasteiger partial charge on any atom is -0.389 e. The first kappa shape index (κ1) is 17.6. The van der Waals surface area contributed by atoms with Crippen LogP contribution in [0.1, 0.15) is 46.6 Å². The van der Waals surface area contributed by atoms with E-state index in [0.717, 1.165) is 13.0 Å². The molecule has 1 aromatic heterocycles. The largest absolute Gasteiger partial charge is 0.389 e. The number of aliphatic hydroxyl groups is 1. The molecule has 20 heavy (non-hydrogen) atoms. The molecule has 1 N–H and O–H groups in total. The van der Waals surface area contributed by atoms with E-state index in [1.165, 1.54) is 5.56 Å². The van der Waals surface area contributed by atoms with Gasteiger partial charge in [-0.15, -0.1) is 0 Å². The molecule has 0 aliphatic carbocycles. The fourth-order valence-corrected chi connectivity index (χ4v) is 2.61.